The summed E-state index contributed by atoms with van der Waals surface area (Å²) in [5.41, 5.74) is 4.86. The SMILES string of the molecule is CC(=O)OC[C@@H]1CSC(c2cc3cc(CN4CCCC4)cc(NC4CCCC4)c3[nH]2)=N1. The van der Waals surface area contributed by atoms with E-state index < -0.39 is 0 Å². The Hall–Kier alpha value is -1.99. The molecule has 1 aliphatic carbocycles. The third-order valence-corrected chi connectivity index (χ3v) is 7.68. The standard InChI is InChI=1S/C24H32N4O2S/c1-16(29)30-14-20-15-31-24(26-20)22-12-18-10-17(13-28-8-4-5-9-28)11-21(23(18)27-22)25-19-6-2-3-7-19/h10-12,19-20,25,27H,2-9,13-15H2,1H3/t20-/m1/s1. The summed E-state index contributed by atoms with van der Waals surface area (Å²) in [6.45, 7) is 5.25. The molecule has 6 nitrogen and oxygen atoms in total. The second kappa shape index (κ2) is 9.25. The molecule has 0 spiro atoms. The van der Waals surface area contributed by atoms with Gasteiger partial charge in [0.2, 0.25) is 0 Å². The molecule has 0 unspecified atom stereocenters. The summed E-state index contributed by atoms with van der Waals surface area (Å²) in [6, 6.07) is 7.54. The Labute approximate surface area is 188 Å². The van der Waals surface area contributed by atoms with Gasteiger partial charge in [-0.2, -0.15) is 0 Å². The number of aliphatic imine (C=N–C) groups is 1. The highest BCUT2D eigenvalue weighted by Crippen LogP contribution is 2.33. The van der Waals surface area contributed by atoms with E-state index in [1.54, 1.807) is 11.8 Å². The largest absolute Gasteiger partial charge is 0.464 e. The molecule has 1 atom stereocenters. The van der Waals surface area contributed by atoms with E-state index in [9.17, 15) is 4.79 Å². The molecule has 1 saturated carbocycles. The molecule has 1 aromatic carbocycles. The molecule has 2 aromatic rings. The maximum Gasteiger partial charge on any atom is 0.302 e. The lowest BCUT2D eigenvalue weighted by atomic mass is 10.1. The van der Waals surface area contributed by atoms with Crippen molar-refractivity contribution in [1.82, 2.24) is 9.88 Å². The molecule has 0 amide bonds. The average Bonchev–Trinajstić information content (AvgIpc) is 3.52. The third kappa shape index (κ3) is 4.93. The molecule has 2 fully saturated rings. The van der Waals surface area contributed by atoms with Gasteiger partial charge < -0.3 is 15.0 Å². The Morgan fingerprint density at radius 1 is 1.23 bits per heavy atom. The molecule has 1 saturated heterocycles. The van der Waals surface area contributed by atoms with Gasteiger partial charge in [-0.15, -0.1) is 11.8 Å². The lowest BCUT2D eigenvalue weighted by molar-refractivity contribution is -0.141. The van der Waals surface area contributed by atoms with Crippen LogP contribution in [-0.4, -0.2) is 58.4 Å². The zero-order chi connectivity index (χ0) is 21.2. The highest BCUT2D eigenvalue weighted by molar-refractivity contribution is 8.14. The van der Waals surface area contributed by atoms with Crippen LogP contribution in [0.25, 0.3) is 10.9 Å². The second-order valence-corrected chi connectivity index (χ2v) is 10.1. The summed E-state index contributed by atoms with van der Waals surface area (Å²) >= 11 is 1.74. The summed E-state index contributed by atoms with van der Waals surface area (Å²) in [5, 5.41) is 6.10. The number of H-pyrrole nitrogens is 1. The molecule has 0 bridgehead atoms. The van der Waals surface area contributed by atoms with E-state index >= 15 is 0 Å². The summed E-state index contributed by atoms with van der Waals surface area (Å²) < 4.78 is 5.16. The van der Waals surface area contributed by atoms with Gasteiger partial charge >= 0.3 is 5.97 Å². The molecule has 3 heterocycles. The number of carbonyl (C=O) groups is 1. The van der Waals surface area contributed by atoms with E-state index in [4.69, 9.17) is 9.73 Å². The van der Waals surface area contributed by atoms with Crippen molar-refractivity contribution in [2.75, 3.05) is 30.8 Å². The van der Waals surface area contributed by atoms with Gasteiger partial charge in [-0.05, 0) is 62.5 Å². The zero-order valence-corrected chi connectivity index (χ0v) is 19.1. The van der Waals surface area contributed by atoms with Crippen molar-refractivity contribution in [3.8, 4) is 0 Å². The summed E-state index contributed by atoms with van der Waals surface area (Å²) in [5.74, 6) is 0.609. The molecule has 2 N–H and O–H groups in total. The van der Waals surface area contributed by atoms with Gasteiger partial charge in [-0.25, -0.2) is 0 Å². The van der Waals surface area contributed by atoms with E-state index in [1.165, 1.54) is 80.7 Å². The lowest BCUT2D eigenvalue weighted by Gasteiger charge is -2.18. The fourth-order valence-corrected chi connectivity index (χ4v) is 5.99. The number of hydrogen-bond donors (Lipinski definition) is 2. The minimum Gasteiger partial charge on any atom is -0.464 e. The molecule has 1 aromatic heterocycles. The van der Waals surface area contributed by atoms with Crippen molar-refractivity contribution in [3.63, 3.8) is 0 Å². The number of carbonyl (C=O) groups excluding carboxylic acids is 1. The lowest BCUT2D eigenvalue weighted by Crippen LogP contribution is -2.19. The van der Waals surface area contributed by atoms with Crippen molar-refractivity contribution in [3.05, 3.63) is 29.5 Å². The monoisotopic (exact) mass is 440 g/mol. The van der Waals surface area contributed by atoms with E-state index in [-0.39, 0.29) is 12.0 Å². The van der Waals surface area contributed by atoms with Gasteiger partial charge in [0.05, 0.1) is 22.9 Å². The van der Waals surface area contributed by atoms with Crippen LogP contribution < -0.4 is 5.32 Å². The van der Waals surface area contributed by atoms with Crippen LogP contribution in [0.3, 0.4) is 0 Å². The van der Waals surface area contributed by atoms with Crippen molar-refractivity contribution < 1.29 is 9.53 Å². The number of thioether (sulfide) groups is 1. The summed E-state index contributed by atoms with van der Waals surface area (Å²) in [7, 11) is 0. The fraction of sp³-hybridized carbons (Fsp3) is 0.583. The smallest absolute Gasteiger partial charge is 0.302 e. The van der Waals surface area contributed by atoms with E-state index in [0.29, 0.717) is 12.6 Å². The zero-order valence-electron chi connectivity index (χ0n) is 18.3. The first-order valence-corrected chi connectivity index (χ1v) is 12.6. The number of anilines is 1. The Morgan fingerprint density at radius 3 is 2.81 bits per heavy atom. The van der Waals surface area contributed by atoms with E-state index in [0.717, 1.165) is 23.0 Å². The first-order chi connectivity index (χ1) is 15.1. The molecule has 0 radical (unpaired) electrons. The normalized spacial score (nSPS) is 22.4. The number of likely N-dealkylation sites (tertiary alicyclic amines) is 1. The number of nitrogens with zero attached hydrogens (tertiary/aromatic N) is 2. The van der Waals surface area contributed by atoms with Crippen LogP contribution in [0.15, 0.2) is 23.2 Å². The van der Waals surface area contributed by atoms with Gasteiger partial charge in [0, 0.05) is 30.6 Å². The number of rotatable bonds is 7. The number of aromatic amines is 1. The minimum atomic E-state index is -0.243. The maximum atomic E-state index is 11.1. The Balaban J connectivity index is 1.42. The quantitative estimate of drug-likeness (QED) is 0.619. The van der Waals surface area contributed by atoms with Gasteiger partial charge in [0.15, 0.2) is 0 Å². The number of fused-ring (bicyclic) bond motifs is 1. The van der Waals surface area contributed by atoms with Gasteiger partial charge in [-0.3, -0.25) is 14.7 Å². The maximum absolute atomic E-state index is 11.1. The first-order valence-electron chi connectivity index (χ1n) is 11.6. The number of benzene rings is 1. The number of ether oxygens (including phenoxy) is 1. The highest BCUT2D eigenvalue weighted by atomic mass is 32.2. The second-order valence-electron chi connectivity index (χ2n) is 9.10. The van der Waals surface area contributed by atoms with Gasteiger partial charge in [-0.1, -0.05) is 12.8 Å². The minimum absolute atomic E-state index is 0.0390. The molecule has 166 valence electrons. The van der Waals surface area contributed by atoms with Crippen LogP contribution in [0.5, 0.6) is 0 Å². The Kier molecular flexibility index (Phi) is 6.23. The molecular weight excluding hydrogens is 408 g/mol. The Bertz CT molecular complexity index is 973. The molecule has 31 heavy (non-hydrogen) atoms. The highest BCUT2D eigenvalue weighted by Gasteiger charge is 2.23. The number of nitrogens with one attached hydrogen (secondary N) is 2. The van der Waals surface area contributed by atoms with Crippen LogP contribution in [0.1, 0.15) is 56.7 Å². The Morgan fingerprint density at radius 2 is 2.03 bits per heavy atom. The molecule has 3 aliphatic rings. The number of hydrogen-bond acceptors (Lipinski definition) is 6. The van der Waals surface area contributed by atoms with Crippen molar-refractivity contribution in [2.45, 2.75) is 64.1 Å². The average molecular weight is 441 g/mol. The van der Waals surface area contributed by atoms with Crippen LogP contribution in [0, 0.1) is 0 Å². The van der Waals surface area contributed by atoms with Crippen molar-refractivity contribution in [1.29, 1.82) is 0 Å². The first kappa shape index (κ1) is 20.9. The predicted molar refractivity (Wildman–Crippen MR) is 128 cm³/mol. The number of aromatic nitrogens is 1. The van der Waals surface area contributed by atoms with E-state index in [2.05, 4.69) is 33.4 Å². The van der Waals surface area contributed by atoms with Crippen LogP contribution in [0.2, 0.25) is 0 Å². The predicted octanol–water partition coefficient (Wildman–Crippen LogP) is 4.54. The van der Waals surface area contributed by atoms with Crippen LogP contribution in [0.4, 0.5) is 5.69 Å². The molecule has 7 heteroatoms. The van der Waals surface area contributed by atoms with Crippen molar-refractivity contribution in [2.24, 2.45) is 4.99 Å². The summed E-state index contributed by atoms with van der Waals surface area (Å²) in [6.07, 6.45) is 7.78. The third-order valence-electron chi connectivity index (χ3n) is 6.53. The summed E-state index contributed by atoms with van der Waals surface area (Å²) in [4.78, 5) is 22.1. The van der Waals surface area contributed by atoms with Crippen LogP contribution in [-0.2, 0) is 16.1 Å². The number of esters is 1. The van der Waals surface area contributed by atoms with Crippen molar-refractivity contribution >= 4 is 39.4 Å². The molecule has 2 aliphatic heterocycles. The molecular formula is C24H32N4O2S. The fourth-order valence-electron chi connectivity index (χ4n) is 4.98. The van der Waals surface area contributed by atoms with Gasteiger partial charge in [0.1, 0.15) is 11.7 Å². The van der Waals surface area contributed by atoms with E-state index in [1.807, 2.05) is 0 Å². The molecule has 5 rings (SSSR count). The topological polar surface area (TPSA) is 69.7 Å². The van der Waals surface area contributed by atoms with Crippen LogP contribution >= 0.6 is 11.8 Å². The van der Waals surface area contributed by atoms with Gasteiger partial charge in [0.25, 0.3) is 0 Å².